The van der Waals surface area contributed by atoms with Crippen LogP contribution in [-0.4, -0.2) is 18.6 Å². The van der Waals surface area contributed by atoms with Crippen LogP contribution in [0.15, 0.2) is 48.5 Å². The van der Waals surface area contributed by atoms with Crippen molar-refractivity contribution in [3.63, 3.8) is 0 Å². The van der Waals surface area contributed by atoms with Gasteiger partial charge >= 0.3 is 0 Å². The molecule has 0 atom stereocenters. The molecular weight excluding hydrogens is 290 g/mol. The molecule has 0 saturated carbocycles. The quantitative estimate of drug-likeness (QED) is 0.818. The molecule has 0 fully saturated rings. The van der Waals surface area contributed by atoms with Gasteiger partial charge in [-0.25, -0.2) is 0 Å². The Kier molecular flexibility index (Phi) is 6.03. The summed E-state index contributed by atoms with van der Waals surface area (Å²) in [6, 6.07) is 14.6. The molecule has 4 heteroatoms. The van der Waals surface area contributed by atoms with E-state index >= 15 is 0 Å². The molecule has 0 spiro atoms. The minimum atomic E-state index is -0.188. The number of nitrogens with one attached hydrogen (secondary N) is 1. The predicted octanol–water partition coefficient (Wildman–Crippen LogP) is 4.51. The first-order chi connectivity index (χ1) is 11.1. The molecule has 0 heterocycles. The normalized spacial score (nSPS) is 10.4. The van der Waals surface area contributed by atoms with E-state index in [2.05, 4.69) is 5.32 Å². The number of rotatable bonds is 7. The molecule has 0 unspecified atom stereocenters. The van der Waals surface area contributed by atoms with Crippen molar-refractivity contribution in [1.29, 1.82) is 0 Å². The molecule has 2 rings (SSSR count). The second-order valence-corrected chi connectivity index (χ2v) is 5.49. The molecule has 1 amide bonds. The standard InChI is InChI=1S/C19H23NO3/c1-4-12-22-16-9-7-8-15(13-16)19(21)20-17-10-5-6-11-18(17)23-14(2)3/h5-11,13-14H,4,12H2,1-3H3,(H,20,21). The van der Waals surface area contributed by atoms with E-state index in [9.17, 15) is 4.79 Å². The summed E-state index contributed by atoms with van der Waals surface area (Å²) in [5.41, 5.74) is 1.21. The summed E-state index contributed by atoms with van der Waals surface area (Å²) in [6.45, 7) is 6.58. The minimum absolute atomic E-state index is 0.0406. The fraction of sp³-hybridized carbons (Fsp3) is 0.316. The Morgan fingerprint density at radius 1 is 1.13 bits per heavy atom. The van der Waals surface area contributed by atoms with Crippen molar-refractivity contribution in [2.45, 2.75) is 33.3 Å². The lowest BCUT2D eigenvalue weighted by Gasteiger charge is -2.15. The van der Waals surface area contributed by atoms with Gasteiger partial charge in [-0.15, -0.1) is 0 Å². The first kappa shape index (κ1) is 16.9. The van der Waals surface area contributed by atoms with Crippen LogP contribution < -0.4 is 14.8 Å². The Balaban J connectivity index is 2.13. The zero-order valence-electron chi connectivity index (χ0n) is 13.8. The van der Waals surface area contributed by atoms with Crippen molar-refractivity contribution in [3.05, 3.63) is 54.1 Å². The van der Waals surface area contributed by atoms with Gasteiger partial charge in [-0.05, 0) is 50.6 Å². The van der Waals surface area contributed by atoms with Crippen molar-refractivity contribution in [3.8, 4) is 11.5 Å². The highest BCUT2D eigenvalue weighted by molar-refractivity contribution is 6.05. The third-order valence-corrected chi connectivity index (χ3v) is 3.07. The lowest BCUT2D eigenvalue weighted by atomic mass is 10.2. The summed E-state index contributed by atoms with van der Waals surface area (Å²) in [6.07, 6.45) is 0.968. The van der Waals surface area contributed by atoms with E-state index in [1.807, 2.05) is 57.2 Å². The van der Waals surface area contributed by atoms with Gasteiger partial charge in [0, 0.05) is 5.56 Å². The zero-order valence-corrected chi connectivity index (χ0v) is 13.8. The Labute approximate surface area is 137 Å². The molecule has 0 aliphatic carbocycles. The van der Waals surface area contributed by atoms with E-state index in [1.165, 1.54) is 0 Å². The summed E-state index contributed by atoms with van der Waals surface area (Å²) in [5.74, 6) is 1.17. The Morgan fingerprint density at radius 3 is 2.65 bits per heavy atom. The fourth-order valence-electron chi connectivity index (χ4n) is 2.07. The Bertz CT molecular complexity index is 653. The van der Waals surface area contributed by atoms with Crippen LogP contribution >= 0.6 is 0 Å². The van der Waals surface area contributed by atoms with Crippen LogP contribution in [0.25, 0.3) is 0 Å². The van der Waals surface area contributed by atoms with Crippen LogP contribution in [0.3, 0.4) is 0 Å². The molecule has 4 nitrogen and oxygen atoms in total. The van der Waals surface area contributed by atoms with Crippen LogP contribution in [0.4, 0.5) is 5.69 Å². The summed E-state index contributed by atoms with van der Waals surface area (Å²) in [5, 5.41) is 2.90. The van der Waals surface area contributed by atoms with E-state index in [0.717, 1.165) is 6.42 Å². The van der Waals surface area contributed by atoms with Crippen LogP contribution in [0.5, 0.6) is 11.5 Å². The molecule has 0 aromatic heterocycles. The SMILES string of the molecule is CCCOc1cccc(C(=O)Nc2ccccc2OC(C)C)c1. The van der Waals surface area contributed by atoms with Crippen LogP contribution in [0.1, 0.15) is 37.6 Å². The van der Waals surface area contributed by atoms with Gasteiger partial charge in [-0.1, -0.05) is 25.1 Å². The molecular formula is C19H23NO3. The Hall–Kier alpha value is -2.49. The van der Waals surface area contributed by atoms with E-state index in [1.54, 1.807) is 12.1 Å². The van der Waals surface area contributed by atoms with Gasteiger partial charge in [0.15, 0.2) is 0 Å². The number of hydrogen-bond acceptors (Lipinski definition) is 3. The average molecular weight is 313 g/mol. The number of ether oxygens (including phenoxy) is 2. The molecule has 23 heavy (non-hydrogen) atoms. The summed E-state index contributed by atoms with van der Waals surface area (Å²) < 4.78 is 11.3. The van der Waals surface area contributed by atoms with Gasteiger partial charge in [-0.2, -0.15) is 0 Å². The monoisotopic (exact) mass is 313 g/mol. The average Bonchev–Trinajstić information content (AvgIpc) is 2.54. The molecule has 2 aromatic carbocycles. The highest BCUT2D eigenvalue weighted by Crippen LogP contribution is 2.25. The molecule has 1 N–H and O–H groups in total. The van der Waals surface area contributed by atoms with Gasteiger partial charge in [-0.3, -0.25) is 4.79 Å². The molecule has 0 radical (unpaired) electrons. The largest absolute Gasteiger partial charge is 0.494 e. The minimum Gasteiger partial charge on any atom is -0.494 e. The van der Waals surface area contributed by atoms with Crippen molar-refractivity contribution in [2.24, 2.45) is 0 Å². The summed E-state index contributed by atoms with van der Waals surface area (Å²) in [7, 11) is 0. The lowest BCUT2D eigenvalue weighted by molar-refractivity contribution is 0.102. The highest BCUT2D eigenvalue weighted by Gasteiger charge is 2.11. The fourth-order valence-corrected chi connectivity index (χ4v) is 2.07. The summed E-state index contributed by atoms with van der Waals surface area (Å²) in [4.78, 5) is 12.5. The maximum atomic E-state index is 12.5. The lowest BCUT2D eigenvalue weighted by Crippen LogP contribution is -2.14. The van der Waals surface area contributed by atoms with Gasteiger partial charge in [0.2, 0.25) is 0 Å². The van der Waals surface area contributed by atoms with Gasteiger partial charge in [0.05, 0.1) is 18.4 Å². The van der Waals surface area contributed by atoms with Crippen molar-refractivity contribution in [2.75, 3.05) is 11.9 Å². The first-order valence-corrected chi connectivity index (χ1v) is 7.90. The van der Waals surface area contributed by atoms with Crippen molar-refractivity contribution >= 4 is 11.6 Å². The molecule has 0 saturated heterocycles. The topological polar surface area (TPSA) is 47.6 Å². The van der Waals surface area contributed by atoms with Crippen molar-refractivity contribution in [1.82, 2.24) is 0 Å². The maximum Gasteiger partial charge on any atom is 0.255 e. The van der Waals surface area contributed by atoms with Gasteiger partial charge in [0.1, 0.15) is 11.5 Å². The third-order valence-electron chi connectivity index (χ3n) is 3.07. The number of para-hydroxylation sites is 2. The molecule has 0 aliphatic heterocycles. The maximum absolute atomic E-state index is 12.5. The highest BCUT2D eigenvalue weighted by atomic mass is 16.5. The molecule has 0 bridgehead atoms. The first-order valence-electron chi connectivity index (χ1n) is 7.90. The van der Waals surface area contributed by atoms with E-state index in [0.29, 0.717) is 29.4 Å². The second-order valence-electron chi connectivity index (χ2n) is 5.49. The molecule has 122 valence electrons. The van der Waals surface area contributed by atoms with Crippen LogP contribution in [0, 0.1) is 0 Å². The van der Waals surface area contributed by atoms with E-state index in [-0.39, 0.29) is 12.0 Å². The smallest absolute Gasteiger partial charge is 0.255 e. The number of carbonyl (C=O) groups is 1. The predicted molar refractivity (Wildman–Crippen MR) is 92.4 cm³/mol. The number of benzene rings is 2. The summed E-state index contributed by atoms with van der Waals surface area (Å²) >= 11 is 0. The van der Waals surface area contributed by atoms with Crippen molar-refractivity contribution < 1.29 is 14.3 Å². The van der Waals surface area contributed by atoms with Gasteiger partial charge < -0.3 is 14.8 Å². The van der Waals surface area contributed by atoms with Crippen LogP contribution in [-0.2, 0) is 0 Å². The number of hydrogen-bond donors (Lipinski definition) is 1. The van der Waals surface area contributed by atoms with E-state index < -0.39 is 0 Å². The molecule has 0 aliphatic rings. The third kappa shape index (κ3) is 5.02. The number of carbonyl (C=O) groups excluding carboxylic acids is 1. The number of anilines is 1. The van der Waals surface area contributed by atoms with Gasteiger partial charge in [0.25, 0.3) is 5.91 Å². The van der Waals surface area contributed by atoms with Crippen LogP contribution in [0.2, 0.25) is 0 Å². The number of amides is 1. The second kappa shape index (κ2) is 8.22. The zero-order chi connectivity index (χ0) is 16.7. The Morgan fingerprint density at radius 2 is 1.91 bits per heavy atom. The molecule has 2 aromatic rings. The van der Waals surface area contributed by atoms with E-state index in [4.69, 9.17) is 9.47 Å².